The number of aromatic amines is 1. The predicted octanol–water partition coefficient (Wildman–Crippen LogP) is 1.50. The quantitative estimate of drug-likeness (QED) is 0.852. The lowest BCUT2D eigenvalue weighted by atomic mass is 10.2. The minimum atomic E-state index is -3.46. The molecule has 0 aliphatic heterocycles. The summed E-state index contributed by atoms with van der Waals surface area (Å²) in [7, 11) is -2.22. The monoisotopic (exact) mass is 267 g/mol. The van der Waals surface area contributed by atoms with Crippen LogP contribution in [0.1, 0.15) is 6.42 Å². The highest BCUT2D eigenvalue weighted by Crippen LogP contribution is 2.19. The molecule has 0 unspecified atom stereocenters. The van der Waals surface area contributed by atoms with Gasteiger partial charge >= 0.3 is 5.97 Å². The molecule has 2 rings (SSSR count). The second-order valence-electron chi connectivity index (χ2n) is 3.87. The van der Waals surface area contributed by atoms with Crippen LogP contribution in [0.3, 0.4) is 0 Å². The maximum atomic E-state index is 12.0. The van der Waals surface area contributed by atoms with Gasteiger partial charge in [-0.15, -0.1) is 0 Å². The number of hydrogen-bond acceptors (Lipinski definition) is 4. The maximum Gasteiger partial charge on any atom is 0.306 e. The molecule has 96 valence electrons. The number of carbonyl (C=O) groups is 1. The zero-order valence-electron chi connectivity index (χ0n) is 9.84. The average molecular weight is 267 g/mol. The van der Waals surface area contributed by atoms with Gasteiger partial charge in [0.1, 0.15) is 0 Å². The molecule has 0 radical (unpaired) electrons. The van der Waals surface area contributed by atoms with Crippen molar-refractivity contribution in [3.05, 3.63) is 30.5 Å². The molecule has 0 amide bonds. The molecule has 0 atom stereocenters. The molecule has 1 aromatic carbocycles. The molecule has 6 heteroatoms. The molecule has 0 bridgehead atoms. The molecule has 0 fully saturated rings. The van der Waals surface area contributed by atoms with Crippen molar-refractivity contribution in [3.8, 4) is 0 Å². The standard InChI is InChI=1S/C12H13NO4S/c1-17-12(14)5-7-18(15,16)10-3-2-9-4-6-13-11(9)8-10/h2-4,6,8,13H,5,7H2,1H3. The van der Waals surface area contributed by atoms with Crippen molar-refractivity contribution >= 4 is 26.7 Å². The first-order valence-electron chi connectivity index (χ1n) is 5.39. The van der Waals surface area contributed by atoms with Crippen LogP contribution in [0, 0.1) is 0 Å². The normalized spacial score (nSPS) is 11.6. The maximum absolute atomic E-state index is 12.0. The molecule has 0 spiro atoms. The summed E-state index contributed by atoms with van der Waals surface area (Å²) in [5, 5.41) is 0.946. The number of sulfone groups is 1. The van der Waals surface area contributed by atoms with Gasteiger partial charge in [-0.1, -0.05) is 6.07 Å². The van der Waals surface area contributed by atoms with Gasteiger partial charge in [0.2, 0.25) is 0 Å². The summed E-state index contributed by atoms with van der Waals surface area (Å²) in [6.45, 7) is 0. The zero-order chi connectivity index (χ0) is 13.2. The van der Waals surface area contributed by atoms with E-state index in [2.05, 4.69) is 9.72 Å². The first-order chi connectivity index (χ1) is 8.53. The number of esters is 1. The zero-order valence-corrected chi connectivity index (χ0v) is 10.7. The number of H-pyrrole nitrogens is 1. The highest BCUT2D eigenvalue weighted by molar-refractivity contribution is 7.91. The van der Waals surface area contributed by atoms with E-state index < -0.39 is 15.8 Å². The van der Waals surface area contributed by atoms with Crippen LogP contribution < -0.4 is 0 Å². The second kappa shape index (κ2) is 4.81. The Morgan fingerprint density at radius 1 is 1.33 bits per heavy atom. The Morgan fingerprint density at radius 3 is 2.83 bits per heavy atom. The minimum absolute atomic E-state index is 0.137. The fourth-order valence-corrected chi connectivity index (χ4v) is 2.90. The predicted molar refractivity (Wildman–Crippen MR) is 67.0 cm³/mol. The number of methoxy groups -OCH3 is 1. The summed E-state index contributed by atoms with van der Waals surface area (Å²) in [6, 6.07) is 6.71. The van der Waals surface area contributed by atoms with E-state index >= 15 is 0 Å². The molecule has 0 saturated carbocycles. The van der Waals surface area contributed by atoms with E-state index in [1.54, 1.807) is 24.4 Å². The van der Waals surface area contributed by atoms with E-state index in [1.807, 2.05) is 6.07 Å². The van der Waals surface area contributed by atoms with Gasteiger partial charge in [-0.05, 0) is 23.6 Å². The van der Waals surface area contributed by atoms with Gasteiger partial charge < -0.3 is 9.72 Å². The lowest BCUT2D eigenvalue weighted by Crippen LogP contribution is -2.12. The summed E-state index contributed by atoms with van der Waals surface area (Å²) in [5.41, 5.74) is 0.758. The number of aromatic nitrogens is 1. The fourth-order valence-electron chi connectivity index (χ4n) is 1.66. The highest BCUT2D eigenvalue weighted by atomic mass is 32.2. The van der Waals surface area contributed by atoms with Crippen LogP contribution in [0.15, 0.2) is 35.4 Å². The Kier molecular flexibility index (Phi) is 3.38. The van der Waals surface area contributed by atoms with Gasteiger partial charge in [0, 0.05) is 11.7 Å². The van der Waals surface area contributed by atoms with E-state index in [1.165, 1.54) is 7.11 Å². The van der Waals surface area contributed by atoms with Crippen LogP contribution in [0.25, 0.3) is 10.9 Å². The summed E-state index contributed by atoms with van der Waals surface area (Å²) in [6.07, 6.45) is 1.61. The van der Waals surface area contributed by atoms with Crippen molar-refractivity contribution < 1.29 is 17.9 Å². The Balaban J connectivity index is 2.25. The molecule has 2 aromatic rings. The van der Waals surface area contributed by atoms with E-state index in [9.17, 15) is 13.2 Å². The Hall–Kier alpha value is -1.82. The number of benzene rings is 1. The minimum Gasteiger partial charge on any atom is -0.469 e. The van der Waals surface area contributed by atoms with E-state index in [-0.39, 0.29) is 17.1 Å². The van der Waals surface area contributed by atoms with Gasteiger partial charge in [0.25, 0.3) is 0 Å². The van der Waals surface area contributed by atoms with Gasteiger partial charge in [0.05, 0.1) is 24.2 Å². The molecular weight excluding hydrogens is 254 g/mol. The van der Waals surface area contributed by atoms with Gasteiger partial charge in [-0.25, -0.2) is 8.42 Å². The van der Waals surface area contributed by atoms with Crippen LogP contribution in [0.4, 0.5) is 0 Å². The molecule has 1 heterocycles. The number of hydrogen-bond donors (Lipinski definition) is 1. The summed E-state index contributed by atoms with van der Waals surface area (Å²) in [4.78, 5) is 14.1. The SMILES string of the molecule is COC(=O)CCS(=O)(=O)c1ccc2cc[nH]c2c1. The summed E-state index contributed by atoms with van der Waals surface area (Å²) < 4.78 is 28.4. The molecular formula is C12H13NO4S. The fraction of sp³-hybridized carbons (Fsp3) is 0.250. The number of fused-ring (bicyclic) bond motifs is 1. The molecule has 5 nitrogen and oxygen atoms in total. The Morgan fingerprint density at radius 2 is 2.11 bits per heavy atom. The third kappa shape index (κ3) is 2.53. The van der Waals surface area contributed by atoms with Crippen LogP contribution in [0.5, 0.6) is 0 Å². The van der Waals surface area contributed by atoms with Crippen molar-refractivity contribution in [3.63, 3.8) is 0 Å². The lowest BCUT2D eigenvalue weighted by molar-refractivity contribution is -0.140. The number of carbonyl (C=O) groups excluding carboxylic acids is 1. The Bertz CT molecular complexity index is 672. The topological polar surface area (TPSA) is 76.2 Å². The largest absolute Gasteiger partial charge is 0.469 e. The van der Waals surface area contributed by atoms with Crippen molar-refractivity contribution in [1.82, 2.24) is 4.98 Å². The molecule has 0 aliphatic rings. The van der Waals surface area contributed by atoms with E-state index in [0.29, 0.717) is 0 Å². The van der Waals surface area contributed by atoms with Crippen molar-refractivity contribution in [1.29, 1.82) is 0 Å². The van der Waals surface area contributed by atoms with Gasteiger partial charge in [0.15, 0.2) is 9.84 Å². The molecule has 18 heavy (non-hydrogen) atoms. The van der Waals surface area contributed by atoms with E-state index in [0.717, 1.165) is 10.9 Å². The summed E-state index contributed by atoms with van der Waals surface area (Å²) in [5.74, 6) is -0.772. The summed E-state index contributed by atoms with van der Waals surface area (Å²) >= 11 is 0. The van der Waals surface area contributed by atoms with Crippen LogP contribution in [-0.4, -0.2) is 32.2 Å². The molecule has 0 aliphatic carbocycles. The average Bonchev–Trinajstić information content (AvgIpc) is 2.83. The van der Waals surface area contributed by atoms with Crippen LogP contribution in [-0.2, 0) is 19.4 Å². The number of rotatable bonds is 4. The first-order valence-corrected chi connectivity index (χ1v) is 7.05. The van der Waals surface area contributed by atoms with Gasteiger partial charge in [-0.3, -0.25) is 4.79 Å². The van der Waals surface area contributed by atoms with Crippen LogP contribution in [0.2, 0.25) is 0 Å². The van der Waals surface area contributed by atoms with Crippen molar-refractivity contribution in [2.24, 2.45) is 0 Å². The van der Waals surface area contributed by atoms with Gasteiger partial charge in [-0.2, -0.15) is 0 Å². The van der Waals surface area contributed by atoms with Crippen molar-refractivity contribution in [2.75, 3.05) is 12.9 Å². The Labute approximate surface area is 105 Å². The third-order valence-electron chi connectivity index (χ3n) is 2.69. The first kappa shape index (κ1) is 12.6. The molecule has 1 aromatic heterocycles. The third-order valence-corrected chi connectivity index (χ3v) is 4.40. The number of nitrogens with one attached hydrogen (secondary N) is 1. The smallest absolute Gasteiger partial charge is 0.306 e. The lowest BCUT2D eigenvalue weighted by Gasteiger charge is -2.04. The number of ether oxygens (including phenoxy) is 1. The molecule has 0 saturated heterocycles. The van der Waals surface area contributed by atoms with Crippen LogP contribution >= 0.6 is 0 Å². The second-order valence-corrected chi connectivity index (χ2v) is 5.98. The highest BCUT2D eigenvalue weighted by Gasteiger charge is 2.17. The van der Waals surface area contributed by atoms with E-state index in [4.69, 9.17) is 0 Å². The van der Waals surface area contributed by atoms with Crippen molar-refractivity contribution in [2.45, 2.75) is 11.3 Å². The molecule has 1 N–H and O–H groups in total.